The molecule has 0 bridgehead atoms. The van der Waals surface area contributed by atoms with Crippen LogP contribution in [-0.4, -0.2) is 73.7 Å². The van der Waals surface area contributed by atoms with E-state index in [0.29, 0.717) is 45.4 Å². The summed E-state index contributed by atoms with van der Waals surface area (Å²) in [6.07, 6.45) is 7.35. The second-order valence-electron chi connectivity index (χ2n) is 10.8. The number of urea groups is 1. The average molecular weight is 526 g/mol. The van der Waals surface area contributed by atoms with Crippen LogP contribution in [0.1, 0.15) is 69.8 Å². The summed E-state index contributed by atoms with van der Waals surface area (Å²) in [5.74, 6) is -2.33. The van der Waals surface area contributed by atoms with Crippen LogP contribution >= 0.6 is 0 Å². The molecule has 4 N–H and O–H groups in total. The fourth-order valence-corrected chi connectivity index (χ4v) is 6.12. The van der Waals surface area contributed by atoms with E-state index in [4.69, 9.17) is 4.74 Å². The fourth-order valence-electron chi connectivity index (χ4n) is 6.12. The van der Waals surface area contributed by atoms with Gasteiger partial charge in [-0.05, 0) is 64.0 Å². The number of unbranched alkanes of at least 4 members (excludes halogenated alkanes) is 1. The number of hydrogen-bond donors (Lipinski definition) is 4. The Bertz CT molecular complexity index is 855. The first-order valence-electron chi connectivity index (χ1n) is 13.9. The number of amides is 2. The lowest BCUT2D eigenvalue weighted by molar-refractivity contribution is -0.0594. The number of benzene rings is 1. The summed E-state index contributed by atoms with van der Waals surface area (Å²) in [6.45, 7) is 1.67. The van der Waals surface area contributed by atoms with Crippen molar-refractivity contribution in [2.24, 2.45) is 11.8 Å². The molecule has 2 amide bonds. The highest BCUT2D eigenvalue weighted by molar-refractivity contribution is 5.74. The van der Waals surface area contributed by atoms with Crippen LogP contribution in [0.5, 0.6) is 0 Å². The van der Waals surface area contributed by atoms with Gasteiger partial charge in [0.25, 0.3) is 0 Å². The van der Waals surface area contributed by atoms with Gasteiger partial charge in [-0.3, -0.25) is 0 Å². The number of aliphatic hydroxyl groups excluding tert-OH is 1. The molecule has 1 saturated carbocycles. The SMILES string of the molecule is CNC[C@@H](NC(=O)N1CCC[C@@H]([C@@](O)(CCCCOC)c2cccc(F)c2F)C1)[C@@H](O)C1CCCCC1. The first kappa shape index (κ1) is 29.7. The highest BCUT2D eigenvalue weighted by Gasteiger charge is 2.43. The van der Waals surface area contributed by atoms with Crippen LogP contribution in [0.2, 0.25) is 0 Å². The maximum atomic E-state index is 14.9. The Balaban J connectivity index is 1.75. The number of piperidine rings is 1. The van der Waals surface area contributed by atoms with Crippen molar-refractivity contribution in [2.75, 3.05) is 40.4 Å². The predicted octanol–water partition coefficient (Wildman–Crippen LogP) is 3.92. The van der Waals surface area contributed by atoms with E-state index in [0.717, 1.165) is 31.7 Å². The maximum absolute atomic E-state index is 14.9. The van der Waals surface area contributed by atoms with Gasteiger partial charge in [0, 0.05) is 44.8 Å². The zero-order chi connectivity index (χ0) is 26.8. The third-order valence-corrected chi connectivity index (χ3v) is 8.24. The van der Waals surface area contributed by atoms with E-state index in [-0.39, 0.29) is 30.5 Å². The maximum Gasteiger partial charge on any atom is 0.317 e. The third-order valence-electron chi connectivity index (χ3n) is 8.24. The standard InChI is InChI=1S/C28H45F2N3O4/c1-31-18-24(26(34)20-10-4-3-5-11-20)32-27(35)33-16-9-12-21(19-33)28(36,15-6-7-17-37-2)22-13-8-14-23(29)25(22)30/h8,13-14,20-21,24,26,31,34,36H,3-7,9-12,15-19H2,1-2H3,(H,32,35)/t21-,24-,26+,28+/m1/s1. The number of aliphatic hydroxyl groups is 2. The molecule has 210 valence electrons. The number of nitrogens with zero attached hydrogens (tertiary/aromatic N) is 1. The normalized spacial score (nSPS) is 22.3. The molecule has 37 heavy (non-hydrogen) atoms. The number of halogens is 2. The van der Waals surface area contributed by atoms with E-state index >= 15 is 0 Å². The van der Waals surface area contributed by atoms with E-state index in [2.05, 4.69) is 10.6 Å². The summed E-state index contributed by atoms with van der Waals surface area (Å²) in [7, 11) is 3.39. The van der Waals surface area contributed by atoms with Crippen LogP contribution in [0.15, 0.2) is 18.2 Å². The molecule has 9 heteroatoms. The lowest BCUT2D eigenvalue weighted by atomic mass is 9.74. The minimum atomic E-state index is -1.62. The van der Waals surface area contributed by atoms with Crippen molar-refractivity contribution in [3.63, 3.8) is 0 Å². The van der Waals surface area contributed by atoms with Crippen LogP contribution < -0.4 is 10.6 Å². The fraction of sp³-hybridized carbons (Fsp3) is 0.750. The molecule has 2 fully saturated rings. The molecule has 1 aromatic rings. The Hall–Kier alpha value is -1.81. The van der Waals surface area contributed by atoms with Crippen molar-refractivity contribution >= 4 is 6.03 Å². The smallest absolute Gasteiger partial charge is 0.317 e. The molecule has 0 unspecified atom stereocenters. The summed E-state index contributed by atoms with van der Waals surface area (Å²) in [5.41, 5.74) is -1.68. The quantitative estimate of drug-likeness (QED) is 0.311. The molecule has 1 saturated heterocycles. The largest absolute Gasteiger partial charge is 0.391 e. The van der Waals surface area contributed by atoms with Crippen molar-refractivity contribution in [3.05, 3.63) is 35.4 Å². The van der Waals surface area contributed by atoms with E-state index in [1.54, 1.807) is 19.1 Å². The van der Waals surface area contributed by atoms with Crippen molar-refractivity contribution in [1.82, 2.24) is 15.5 Å². The lowest BCUT2D eigenvalue weighted by Crippen LogP contribution is -2.57. The molecule has 1 aliphatic carbocycles. The number of nitrogens with one attached hydrogen (secondary N) is 2. The first-order chi connectivity index (χ1) is 17.8. The van der Waals surface area contributed by atoms with E-state index in [1.807, 2.05) is 0 Å². The van der Waals surface area contributed by atoms with Gasteiger partial charge in [-0.2, -0.15) is 0 Å². The van der Waals surface area contributed by atoms with Crippen molar-refractivity contribution < 1.29 is 28.5 Å². The van der Waals surface area contributed by atoms with Crippen LogP contribution in [0.25, 0.3) is 0 Å². The molecule has 1 heterocycles. The molecule has 2 aliphatic rings. The van der Waals surface area contributed by atoms with E-state index < -0.39 is 35.3 Å². The van der Waals surface area contributed by atoms with Gasteiger partial charge in [-0.15, -0.1) is 0 Å². The van der Waals surface area contributed by atoms with Crippen LogP contribution in [0, 0.1) is 23.5 Å². The zero-order valence-corrected chi connectivity index (χ0v) is 22.4. The van der Waals surface area contributed by atoms with Crippen LogP contribution in [-0.2, 0) is 10.3 Å². The summed E-state index contributed by atoms with van der Waals surface area (Å²) in [6, 6.07) is 3.16. The average Bonchev–Trinajstić information content (AvgIpc) is 2.92. The van der Waals surface area contributed by atoms with Gasteiger partial charge in [0.05, 0.1) is 17.7 Å². The summed E-state index contributed by atoms with van der Waals surface area (Å²) in [5, 5.41) is 29.0. The Kier molecular flexibility index (Phi) is 11.6. The minimum absolute atomic E-state index is 0.0574. The Morgan fingerprint density at radius 2 is 1.95 bits per heavy atom. The van der Waals surface area contributed by atoms with Gasteiger partial charge >= 0.3 is 6.03 Å². The predicted molar refractivity (Wildman–Crippen MR) is 139 cm³/mol. The molecule has 3 rings (SSSR count). The monoisotopic (exact) mass is 525 g/mol. The molecular formula is C28H45F2N3O4. The van der Waals surface area contributed by atoms with Gasteiger partial charge in [0.2, 0.25) is 0 Å². The molecular weight excluding hydrogens is 480 g/mol. The number of carbonyl (C=O) groups is 1. The topological polar surface area (TPSA) is 94.1 Å². The molecule has 1 aromatic carbocycles. The molecule has 4 atom stereocenters. The second kappa shape index (κ2) is 14.4. The highest BCUT2D eigenvalue weighted by atomic mass is 19.2. The van der Waals surface area contributed by atoms with Crippen LogP contribution in [0.3, 0.4) is 0 Å². The Labute approximate surface area is 220 Å². The summed E-state index contributed by atoms with van der Waals surface area (Å²) >= 11 is 0. The number of likely N-dealkylation sites (tertiary alicyclic amines) is 1. The Morgan fingerprint density at radius 1 is 1.19 bits per heavy atom. The second-order valence-corrected chi connectivity index (χ2v) is 10.8. The number of carbonyl (C=O) groups excluding carboxylic acids is 1. The van der Waals surface area contributed by atoms with Crippen molar-refractivity contribution in [2.45, 2.75) is 82.0 Å². The molecule has 1 aliphatic heterocycles. The van der Waals surface area contributed by atoms with Crippen LogP contribution in [0.4, 0.5) is 13.6 Å². The summed E-state index contributed by atoms with van der Waals surface area (Å²) in [4.78, 5) is 15.0. The van der Waals surface area contributed by atoms with Gasteiger partial charge in [-0.1, -0.05) is 31.4 Å². The number of rotatable bonds is 12. The van der Waals surface area contributed by atoms with Gasteiger partial charge < -0.3 is 30.5 Å². The number of ether oxygens (including phenoxy) is 1. The zero-order valence-electron chi connectivity index (χ0n) is 22.4. The number of hydrogen-bond acceptors (Lipinski definition) is 5. The van der Waals surface area contributed by atoms with E-state index in [1.165, 1.54) is 18.6 Å². The van der Waals surface area contributed by atoms with Crippen molar-refractivity contribution in [1.29, 1.82) is 0 Å². The van der Waals surface area contributed by atoms with Gasteiger partial charge in [0.15, 0.2) is 11.6 Å². The first-order valence-corrected chi connectivity index (χ1v) is 13.9. The minimum Gasteiger partial charge on any atom is -0.391 e. The van der Waals surface area contributed by atoms with E-state index in [9.17, 15) is 23.8 Å². The number of methoxy groups -OCH3 is 1. The van der Waals surface area contributed by atoms with Gasteiger partial charge in [-0.25, -0.2) is 13.6 Å². The molecule has 0 radical (unpaired) electrons. The van der Waals surface area contributed by atoms with Gasteiger partial charge in [0.1, 0.15) is 0 Å². The molecule has 0 aromatic heterocycles. The summed E-state index contributed by atoms with van der Waals surface area (Å²) < 4.78 is 34.2. The molecule has 7 nitrogen and oxygen atoms in total. The number of likely N-dealkylation sites (N-methyl/N-ethyl adjacent to an activating group) is 1. The molecule has 0 spiro atoms. The van der Waals surface area contributed by atoms with Crippen molar-refractivity contribution in [3.8, 4) is 0 Å². The Morgan fingerprint density at radius 3 is 2.65 bits per heavy atom. The lowest BCUT2D eigenvalue weighted by Gasteiger charge is -2.43. The third kappa shape index (κ3) is 7.62. The highest BCUT2D eigenvalue weighted by Crippen LogP contribution is 2.41.